The maximum atomic E-state index is 11.8. The minimum Gasteiger partial charge on any atom is -0.469 e. The first-order chi connectivity index (χ1) is 9.58. The average Bonchev–Trinajstić information content (AvgIpc) is 2.86. The molecule has 0 radical (unpaired) electrons. The number of hydrogen-bond acceptors (Lipinski definition) is 2. The number of carbonyl (C=O) groups is 1. The highest BCUT2D eigenvalue weighted by molar-refractivity contribution is 6.10. The van der Waals surface area contributed by atoms with Crippen molar-refractivity contribution in [2.24, 2.45) is 5.92 Å². The van der Waals surface area contributed by atoms with Crippen LogP contribution in [0.25, 0.3) is 10.9 Å². The van der Waals surface area contributed by atoms with Gasteiger partial charge in [-0.3, -0.25) is 4.79 Å². The summed E-state index contributed by atoms with van der Waals surface area (Å²) in [6, 6.07) is 7.33. The fourth-order valence-electron chi connectivity index (χ4n) is 2.71. The van der Waals surface area contributed by atoms with Crippen LogP contribution in [0.1, 0.15) is 30.9 Å². The number of benzene rings is 1. The monoisotopic (exact) mass is 289 g/mol. The number of nitrogens with one attached hydrogen (secondary N) is 1. The van der Waals surface area contributed by atoms with Gasteiger partial charge in [-0.05, 0) is 23.5 Å². The lowest BCUT2D eigenvalue weighted by Gasteiger charge is -2.12. The van der Waals surface area contributed by atoms with Crippen LogP contribution in [-0.2, 0) is 16.0 Å². The predicted molar refractivity (Wildman–Crippen MR) is 86.3 cm³/mol. The van der Waals surface area contributed by atoms with E-state index >= 15 is 0 Å². The summed E-state index contributed by atoms with van der Waals surface area (Å²) in [4.78, 5) is 15.2. The summed E-state index contributed by atoms with van der Waals surface area (Å²) in [5.41, 5.74) is 3.75. The van der Waals surface area contributed by atoms with Crippen molar-refractivity contribution in [3.8, 4) is 0 Å². The van der Waals surface area contributed by atoms with Crippen molar-refractivity contribution in [3.63, 3.8) is 0 Å². The number of methoxy groups -OCH3 is 1. The number of fused-ring (bicyclic) bond motifs is 1. The van der Waals surface area contributed by atoms with E-state index in [0.717, 1.165) is 22.7 Å². The van der Waals surface area contributed by atoms with Gasteiger partial charge in [0.15, 0.2) is 0 Å². The summed E-state index contributed by atoms with van der Waals surface area (Å²) in [7, 11) is 2.48. The van der Waals surface area contributed by atoms with Crippen LogP contribution < -0.4 is 0 Å². The maximum absolute atomic E-state index is 11.8. The molecule has 0 saturated heterocycles. The first-order valence-corrected chi connectivity index (χ1v) is 8.66. The third-order valence-corrected chi connectivity index (χ3v) is 4.93. The Morgan fingerprint density at radius 1 is 1.40 bits per heavy atom. The van der Waals surface area contributed by atoms with Crippen LogP contribution in [0.3, 0.4) is 0 Å². The van der Waals surface area contributed by atoms with E-state index in [0.29, 0.717) is 5.92 Å². The van der Waals surface area contributed by atoms with E-state index in [9.17, 15) is 4.79 Å². The van der Waals surface area contributed by atoms with E-state index in [1.54, 1.807) is 0 Å². The van der Waals surface area contributed by atoms with Gasteiger partial charge in [0, 0.05) is 27.3 Å². The Hall–Kier alpha value is -1.55. The van der Waals surface area contributed by atoms with Crippen LogP contribution >= 0.6 is 0 Å². The molecule has 1 atom stereocenters. The standard InChI is InChI=1S/C16H23NO2Si/c1-10(2)13-5-4-6-14-11(8-17-15(13)14)7-12(9-20)16(18)19-3/h4-6,8,10,12,17H,7,9H2,1-3,20H3/t12-/m1/s1. The molecule has 1 heterocycles. The normalized spacial score (nSPS) is 13.0. The minimum absolute atomic E-state index is 0.00614. The number of aromatic amines is 1. The number of rotatable bonds is 5. The van der Waals surface area contributed by atoms with E-state index in [2.05, 4.69) is 37.0 Å². The Kier molecular flexibility index (Phi) is 4.65. The molecule has 20 heavy (non-hydrogen) atoms. The van der Waals surface area contributed by atoms with Crippen LogP contribution in [0.2, 0.25) is 6.04 Å². The Morgan fingerprint density at radius 2 is 2.15 bits per heavy atom. The Balaban J connectivity index is 2.36. The zero-order valence-electron chi connectivity index (χ0n) is 12.7. The lowest BCUT2D eigenvalue weighted by atomic mass is 9.96. The van der Waals surface area contributed by atoms with Crippen molar-refractivity contribution >= 4 is 27.1 Å². The quantitative estimate of drug-likeness (QED) is 0.678. The largest absolute Gasteiger partial charge is 0.469 e. The van der Waals surface area contributed by atoms with E-state index in [1.165, 1.54) is 29.1 Å². The van der Waals surface area contributed by atoms with E-state index in [-0.39, 0.29) is 11.9 Å². The summed E-state index contributed by atoms with van der Waals surface area (Å²) in [5, 5.41) is 1.24. The molecule has 108 valence electrons. The SMILES string of the molecule is COC(=O)[C@@H](C[SiH3])Cc1c[nH]c2c(C(C)C)cccc12. The summed E-state index contributed by atoms with van der Waals surface area (Å²) >= 11 is 0. The maximum Gasteiger partial charge on any atom is 0.308 e. The summed E-state index contributed by atoms with van der Waals surface area (Å²) < 4.78 is 4.90. The Morgan fingerprint density at radius 3 is 2.75 bits per heavy atom. The molecule has 0 aliphatic heterocycles. The van der Waals surface area contributed by atoms with E-state index < -0.39 is 0 Å². The van der Waals surface area contributed by atoms with Crippen LogP contribution in [0.5, 0.6) is 0 Å². The second kappa shape index (κ2) is 6.26. The first kappa shape index (κ1) is 14.8. The number of carbonyl (C=O) groups excluding carboxylic acids is 1. The van der Waals surface area contributed by atoms with Gasteiger partial charge in [-0.15, -0.1) is 0 Å². The molecule has 0 aliphatic rings. The van der Waals surface area contributed by atoms with Gasteiger partial charge in [0.25, 0.3) is 0 Å². The minimum atomic E-state index is -0.0886. The summed E-state index contributed by atoms with van der Waals surface area (Å²) in [5.74, 6) is 0.392. The molecule has 2 rings (SSSR count). The number of ether oxygens (including phenoxy) is 1. The molecule has 0 saturated carbocycles. The van der Waals surface area contributed by atoms with Gasteiger partial charge in [0.1, 0.15) is 0 Å². The second-order valence-corrected chi connectivity index (χ2v) is 6.39. The van der Waals surface area contributed by atoms with E-state index in [4.69, 9.17) is 4.74 Å². The molecule has 0 amide bonds. The molecule has 0 spiro atoms. The molecule has 0 unspecified atom stereocenters. The molecule has 4 heteroatoms. The molecule has 2 aromatic rings. The molecule has 1 aromatic carbocycles. The average molecular weight is 289 g/mol. The van der Waals surface area contributed by atoms with Crippen molar-refractivity contribution < 1.29 is 9.53 Å². The highest BCUT2D eigenvalue weighted by Gasteiger charge is 2.19. The van der Waals surface area contributed by atoms with Gasteiger partial charge in [-0.1, -0.05) is 38.1 Å². The van der Waals surface area contributed by atoms with Crippen LogP contribution in [0.15, 0.2) is 24.4 Å². The summed E-state index contributed by atoms with van der Waals surface area (Å²) in [6.45, 7) is 4.40. The topological polar surface area (TPSA) is 42.1 Å². The molecule has 0 bridgehead atoms. The Labute approximate surface area is 123 Å². The van der Waals surface area contributed by atoms with Crippen molar-refractivity contribution in [1.82, 2.24) is 4.98 Å². The van der Waals surface area contributed by atoms with Crippen molar-refractivity contribution in [3.05, 3.63) is 35.5 Å². The van der Waals surface area contributed by atoms with E-state index in [1.807, 2.05) is 6.20 Å². The van der Waals surface area contributed by atoms with Gasteiger partial charge in [0.2, 0.25) is 0 Å². The molecule has 0 fully saturated rings. The Bertz CT molecular complexity index is 604. The van der Waals surface area contributed by atoms with Crippen LogP contribution in [-0.4, -0.2) is 28.3 Å². The molecule has 1 N–H and O–H groups in total. The van der Waals surface area contributed by atoms with Gasteiger partial charge >= 0.3 is 5.97 Å². The number of aromatic nitrogens is 1. The summed E-state index contributed by atoms with van der Waals surface area (Å²) in [6.07, 6.45) is 2.81. The molecule has 1 aromatic heterocycles. The lowest BCUT2D eigenvalue weighted by molar-refractivity contribution is -0.144. The number of esters is 1. The zero-order valence-corrected chi connectivity index (χ0v) is 14.7. The smallest absolute Gasteiger partial charge is 0.308 e. The number of para-hydroxylation sites is 1. The third-order valence-electron chi connectivity index (χ3n) is 3.95. The van der Waals surface area contributed by atoms with Crippen molar-refractivity contribution in [2.45, 2.75) is 32.2 Å². The highest BCUT2D eigenvalue weighted by Crippen LogP contribution is 2.28. The van der Waals surface area contributed by atoms with Crippen LogP contribution in [0, 0.1) is 5.92 Å². The molecule has 0 aliphatic carbocycles. The fraction of sp³-hybridized carbons (Fsp3) is 0.438. The van der Waals surface area contributed by atoms with Crippen LogP contribution in [0.4, 0.5) is 0 Å². The highest BCUT2D eigenvalue weighted by atomic mass is 28.1. The van der Waals surface area contributed by atoms with Crippen molar-refractivity contribution in [2.75, 3.05) is 7.11 Å². The number of H-pyrrole nitrogens is 1. The van der Waals surface area contributed by atoms with Gasteiger partial charge < -0.3 is 9.72 Å². The number of hydrogen-bond donors (Lipinski definition) is 1. The zero-order chi connectivity index (χ0) is 14.7. The third kappa shape index (κ3) is 2.80. The van der Waals surface area contributed by atoms with Gasteiger partial charge in [0.05, 0.1) is 13.0 Å². The molecule has 3 nitrogen and oxygen atoms in total. The predicted octanol–water partition coefficient (Wildman–Crippen LogP) is 2.41. The second-order valence-electron chi connectivity index (χ2n) is 5.57. The molecular weight excluding hydrogens is 266 g/mol. The fourth-order valence-corrected chi connectivity index (χ4v) is 3.33. The molecular formula is C16H23NO2Si. The van der Waals surface area contributed by atoms with Crippen molar-refractivity contribution in [1.29, 1.82) is 0 Å². The van der Waals surface area contributed by atoms with Gasteiger partial charge in [-0.25, -0.2) is 0 Å². The van der Waals surface area contributed by atoms with Gasteiger partial charge in [-0.2, -0.15) is 0 Å². The first-order valence-electron chi connectivity index (χ1n) is 7.25. The lowest BCUT2D eigenvalue weighted by Crippen LogP contribution is -2.18.